The first kappa shape index (κ1) is 24.2. The molecule has 8 heteroatoms. The zero-order valence-electron chi connectivity index (χ0n) is 20.7. The lowest BCUT2D eigenvalue weighted by molar-refractivity contribution is -0.128. The van der Waals surface area contributed by atoms with E-state index in [-0.39, 0.29) is 23.4 Å². The van der Waals surface area contributed by atoms with Gasteiger partial charge in [0.1, 0.15) is 11.5 Å². The molecule has 1 heterocycles. The number of sulfonamides is 1. The summed E-state index contributed by atoms with van der Waals surface area (Å²) in [5.41, 5.74) is 5.05. The Kier molecular flexibility index (Phi) is 6.38. The van der Waals surface area contributed by atoms with Gasteiger partial charge in [-0.1, -0.05) is 24.3 Å². The number of amides is 1. The molecule has 0 unspecified atom stereocenters. The van der Waals surface area contributed by atoms with Gasteiger partial charge in [0, 0.05) is 0 Å². The Labute approximate surface area is 212 Å². The fraction of sp³-hybridized carbons (Fsp3) is 0.321. The summed E-state index contributed by atoms with van der Waals surface area (Å²) >= 11 is 0. The van der Waals surface area contributed by atoms with E-state index in [0.717, 1.165) is 30.4 Å². The SMILES string of the molecule is COc1ccc(S(=O)(=O)N2C[C@H](C(=O)N[C@@H](C)c3ccc4c(c3)CCC4)Oc3cc(C)ccc32)cc1. The number of nitrogens with zero attached hydrogens (tertiary/aromatic N) is 1. The number of carbonyl (C=O) groups excluding carboxylic acids is 1. The lowest BCUT2D eigenvalue weighted by Crippen LogP contribution is -2.51. The van der Waals surface area contributed by atoms with Crippen molar-refractivity contribution in [3.05, 3.63) is 82.9 Å². The van der Waals surface area contributed by atoms with Gasteiger partial charge in [0.15, 0.2) is 6.10 Å². The summed E-state index contributed by atoms with van der Waals surface area (Å²) < 4.78 is 39.8. The lowest BCUT2D eigenvalue weighted by Gasteiger charge is -2.35. The molecule has 5 rings (SSSR count). The van der Waals surface area contributed by atoms with Gasteiger partial charge in [-0.2, -0.15) is 0 Å². The van der Waals surface area contributed by atoms with E-state index in [1.165, 1.54) is 34.7 Å². The molecule has 0 radical (unpaired) electrons. The van der Waals surface area contributed by atoms with Gasteiger partial charge in [0.05, 0.1) is 30.3 Å². The summed E-state index contributed by atoms with van der Waals surface area (Å²) in [6.07, 6.45) is 2.32. The van der Waals surface area contributed by atoms with Crippen molar-refractivity contribution in [1.82, 2.24) is 5.32 Å². The second-order valence-electron chi connectivity index (χ2n) is 9.40. The van der Waals surface area contributed by atoms with Crippen molar-refractivity contribution in [2.75, 3.05) is 18.0 Å². The predicted octanol–water partition coefficient (Wildman–Crippen LogP) is 4.33. The van der Waals surface area contributed by atoms with E-state index in [0.29, 0.717) is 17.2 Å². The molecule has 2 atom stereocenters. The van der Waals surface area contributed by atoms with Crippen LogP contribution in [0.1, 0.15) is 41.6 Å². The summed E-state index contributed by atoms with van der Waals surface area (Å²) in [5.74, 6) is 0.568. The molecule has 0 bridgehead atoms. The number of methoxy groups -OCH3 is 1. The van der Waals surface area contributed by atoms with Gasteiger partial charge >= 0.3 is 0 Å². The third-order valence-electron chi connectivity index (χ3n) is 6.91. The van der Waals surface area contributed by atoms with Crippen molar-refractivity contribution in [1.29, 1.82) is 0 Å². The minimum absolute atomic E-state index is 0.113. The van der Waals surface area contributed by atoms with Crippen LogP contribution in [0.2, 0.25) is 0 Å². The summed E-state index contributed by atoms with van der Waals surface area (Å²) in [5, 5.41) is 3.03. The number of fused-ring (bicyclic) bond motifs is 2. The van der Waals surface area contributed by atoms with Crippen LogP contribution in [0.5, 0.6) is 11.5 Å². The Bertz CT molecular complexity index is 1400. The molecular formula is C28H30N2O5S. The van der Waals surface area contributed by atoms with Gasteiger partial charge in [-0.3, -0.25) is 9.10 Å². The van der Waals surface area contributed by atoms with Crippen molar-refractivity contribution < 1.29 is 22.7 Å². The quantitative estimate of drug-likeness (QED) is 0.538. The van der Waals surface area contributed by atoms with Crippen LogP contribution in [0.4, 0.5) is 5.69 Å². The number of aryl methyl sites for hydroxylation is 3. The molecule has 2 aliphatic rings. The smallest absolute Gasteiger partial charge is 0.264 e. The Morgan fingerprint density at radius 1 is 1.06 bits per heavy atom. The molecule has 0 saturated carbocycles. The van der Waals surface area contributed by atoms with E-state index in [2.05, 4.69) is 23.5 Å². The van der Waals surface area contributed by atoms with Gasteiger partial charge < -0.3 is 14.8 Å². The number of hydrogen-bond donors (Lipinski definition) is 1. The first-order valence-electron chi connectivity index (χ1n) is 12.1. The Morgan fingerprint density at radius 2 is 1.81 bits per heavy atom. The molecule has 188 valence electrons. The minimum Gasteiger partial charge on any atom is -0.497 e. The van der Waals surface area contributed by atoms with Crippen molar-refractivity contribution in [2.45, 2.75) is 50.2 Å². The number of rotatable bonds is 6. The summed E-state index contributed by atoms with van der Waals surface area (Å²) in [6, 6.07) is 17.6. The van der Waals surface area contributed by atoms with Gasteiger partial charge in [0.25, 0.3) is 15.9 Å². The van der Waals surface area contributed by atoms with Crippen molar-refractivity contribution in [3.63, 3.8) is 0 Å². The fourth-order valence-corrected chi connectivity index (χ4v) is 6.33. The van der Waals surface area contributed by atoms with E-state index in [1.54, 1.807) is 24.3 Å². The third-order valence-corrected chi connectivity index (χ3v) is 8.70. The van der Waals surface area contributed by atoms with Crippen molar-refractivity contribution in [3.8, 4) is 11.5 Å². The molecule has 1 N–H and O–H groups in total. The standard InChI is InChI=1S/C28H30N2O5S/c1-18-7-14-25-26(15-18)35-27(17-30(25)36(32,33)24-12-10-23(34-3)11-13-24)28(31)29-19(2)21-9-8-20-5-4-6-22(20)16-21/h7-16,19,27H,4-6,17H2,1-3H3,(H,29,31)/t19-,27+/m0/s1. The maximum Gasteiger partial charge on any atom is 0.264 e. The van der Waals surface area contributed by atoms with Gasteiger partial charge in [-0.25, -0.2) is 8.42 Å². The molecule has 3 aromatic rings. The molecule has 0 spiro atoms. The van der Waals surface area contributed by atoms with Crippen LogP contribution in [0, 0.1) is 6.92 Å². The molecule has 3 aromatic carbocycles. The van der Waals surface area contributed by atoms with Crippen LogP contribution >= 0.6 is 0 Å². The van der Waals surface area contributed by atoms with Crippen molar-refractivity contribution in [2.24, 2.45) is 0 Å². The summed E-state index contributed by atoms with van der Waals surface area (Å²) in [6.45, 7) is 3.69. The van der Waals surface area contributed by atoms with Crippen LogP contribution in [-0.4, -0.2) is 34.1 Å². The Balaban J connectivity index is 1.41. The van der Waals surface area contributed by atoms with Gasteiger partial charge in [0.2, 0.25) is 0 Å². The minimum atomic E-state index is -3.95. The largest absolute Gasteiger partial charge is 0.497 e. The summed E-state index contributed by atoms with van der Waals surface area (Å²) in [7, 11) is -2.42. The number of hydrogen-bond acceptors (Lipinski definition) is 5. The van der Waals surface area contributed by atoms with E-state index < -0.39 is 16.1 Å². The van der Waals surface area contributed by atoms with Crippen molar-refractivity contribution >= 4 is 21.6 Å². The van der Waals surface area contributed by atoms with E-state index in [1.807, 2.05) is 19.9 Å². The fourth-order valence-electron chi connectivity index (χ4n) is 4.85. The van der Waals surface area contributed by atoms with E-state index >= 15 is 0 Å². The highest BCUT2D eigenvalue weighted by atomic mass is 32.2. The Morgan fingerprint density at radius 3 is 2.56 bits per heavy atom. The number of nitrogens with one attached hydrogen (secondary N) is 1. The molecule has 0 aromatic heterocycles. The normalized spacial score (nSPS) is 17.5. The molecule has 1 aliphatic heterocycles. The maximum absolute atomic E-state index is 13.7. The topological polar surface area (TPSA) is 84.9 Å². The molecule has 0 saturated heterocycles. The lowest BCUT2D eigenvalue weighted by atomic mass is 10.0. The van der Waals surface area contributed by atoms with Gasteiger partial charge in [-0.05, 0) is 91.8 Å². The monoisotopic (exact) mass is 506 g/mol. The molecular weight excluding hydrogens is 476 g/mol. The highest BCUT2D eigenvalue weighted by Gasteiger charge is 2.38. The average Bonchev–Trinajstić information content (AvgIpc) is 3.35. The number of anilines is 1. The maximum atomic E-state index is 13.7. The molecule has 0 fully saturated rings. The van der Waals surface area contributed by atoms with E-state index in [4.69, 9.17) is 9.47 Å². The van der Waals surface area contributed by atoms with Crippen LogP contribution in [0.15, 0.2) is 65.6 Å². The molecule has 1 aliphatic carbocycles. The van der Waals surface area contributed by atoms with E-state index in [9.17, 15) is 13.2 Å². The van der Waals surface area contributed by atoms with Crippen LogP contribution in [0.25, 0.3) is 0 Å². The first-order valence-corrected chi connectivity index (χ1v) is 13.6. The number of ether oxygens (including phenoxy) is 2. The second kappa shape index (κ2) is 9.50. The van der Waals surface area contributed by atoms with Gasteiger partial charge in [-0.15, -0.1) is 0 Å². The molecule has 7 nitrogen and oxygen atoms in total. The highest BCUT2D eigenvalue weighted by Crippen LogP contribution is 2.38. The Hall–Kier alpha value is -3.52. The average molecular weight is 507 g/mol. The zero-order chi connectivity index (χ0) is 25.4. The third kappa shape index (κ3) is 4.53. The molecule has 36 heavy (non-hydrogen) atoms. The first-order chi connectivity index (χ1) is 17.3. The summed E-state index contributed by atoms with van der Waals surface area (Å²) in [4.78, 5) is 13.4. The molecule has 1 amide bonds. The zero-order valence-corrected chi connectivity index (χ0v) is 21.5. The predicted molar refractivity (Wildman–Crippen MR) is 138 cm³/mol. The highest BCUT2D eigenvalue weighted by molar-refractivity contribution is 7.92. The van der Waals surface area contributed by atoms with Crippen LogP contribution < -0.4 is 19.1 Å². The number of benzene rings is 3. The van der Waals surface area contributed by atoms with Crippen LogP contribution in [0.3, 0.4) is 0 Å². The van der Waals surface area contributed by atoms with Crippen LogP contribution in [-0.2, 0) is 27.7 Å². The second-order valence-corrected chi connectivity index (χ2v) is 11.3. The number of carbonyl (C=O) groups is 1.